The van der Waals surface area contributed by atoms with E-state index in [1.165, 1.54) is 0 Å². The number of aromatic nitrogens is 1. The van der Waals surface area contributed by atoms with Crippen LogP contribution in [-0.4, -0.2) is 4.57 Å². The average molecular weight is 830 g/mol. The Morgan fingerprint density at radius 3 is 1.54 bits per heavy atom. The van der Waals surface area contributed by atoms with E-state index in [9.17, 15) is 13.7 Å². The van der Waals surface area contributed by atoms with Crippen molar-refractivity contribution in [3.05, 3.63) is 260 Å². The van der Waals surface area contributed by atoms with Gasteiger partial charge < -0.3 is 9.47 Å². The van der Waals surface area contributed by atoms with Crippen molar-refractivity contribution in [3.8, 4) is 55.6 Å². The van der Waals surface area contributed by atoms with Crippen LogP contribution in [0.4, 0.5) is 17.1 Å². The van der Waals surface area contributed by atoms with Crippen LogP contribution in [0.5, 0.6) is 0 Å². The molecule has 0 aliphatic carbocycles. The molecule has 2 nitrogen and oxygen atoms in total. The van der Waals surface area contributed by atoms with E-state index in [4.69, 9.17) is 20.6 Å². The summed E-state index contributed by atoms with van der Waals surface area (Å²) in [6, 6.07) is 7.61. The van der Waals surface area contributed by atoms with Crippen LogP contribution in [0.3, 0.4) is 0 Å². The minimum absolute atomic E-state index is 0.185. The van der Waals surface area contributed by atoms with Gasteiger partial charge in [0, 0.05) is 45.4 Å². The van der Waals surface area contributed by atoms with Gasteiger partial charge in [-0.2, -0.15) is 0 Å². The quantitative estimate of drug-likeness (QED) is 0.133. The molecular weight excluding hydrogens is 761 g/mol. The largest absolute Gasteiger partial charge is 0.336 e. The smallest absolute Gasteiger partial charge is 0.0645 e. The molecule has 63 heavy (non-hydrogen) atoms. The fourth-order valence-corrected chi connectivity index (χ4v) is 7.59. The highest BCUT2D eigenvalue weighted by Gasteiger charge is 2.18. The second kappa shape index (κ2) is 16.7. The van der Waals surface area contributed by atoms with E-state index in [2.05, 4.69) is 10.6 Å². The highest BCUT2D eigenvalue weighted by molar-refractivity contribution is 6.09. The Balaban J connectivity index is 1.21. The van der Waals surface area contributed by atoms with E-state index >= 15 is 0 Å². The van der Waals surface area contributed by atoms with Crippen molar-refractivity contribution in [2.45, 2.75) is 6.54 Å². The number of benzene rings is 10. The van der Waals surface area contributed by atoms with Crippen molar-refractivity contribution < 1.29 is 34.3 Å². The van der Waals surface area contributed by atoms with Crippen molar-refractivity contribution in [2.24, 2.45) is 0 Å². The highest BCUT2D eigenvalue weighted by Crippen LogP contribution is 2.42. The summed E-state index contributed by atoms with van der Waals surface area (Å²) in [6.45, 7) is 0.425. The standard InChI is InChI=1S/C61H44N2/c1-5-17-45(18-6-1)47-28-33-53(34-29-47)63(55-37-38-56(49-21-9-3-10-22-49)58(42-55)50-23-11-4-12-24-50)54-35-30-48(31-36-54)52-32-39-61-59(41-52)57-26-13-14-27-60(57)62(61)43-44-16-15-25-51(40-44)46-19-7-2-8-20-46/h1-42H,43H2/i1D,3D,4D,5D,6D,9D,10D,11D,12D,17D,18D,21D,22D,23D,24D,28D,29D,30D,31D,33D,34D,35D,36D,37D,38D. The molecule has 0 aliphatic rings. The molecule has 0 spiro atoms. The SMILES string of the molecule is [2H]c1c(N(c2c([2H])c([2H])c(-c3ccc4c(c3)c3ccccc3n4Cc3cccc(-c4ccccc4)c3)c([2H])c2[2H])c2c([2H])c([2H])c(-c3c([2H])c([2H])c([2H])c([2H])c3[2H])c([2H])c2[2H])cc(-c2c([2H])c([2H])c([2H])c([2H])c2[2H])c(-c2c([2H])c([2H])c([2H])c([2H])c2[2H])c1[2H]. The minimum atomic E-state index is -1.14. The molecule has 0 N–H and O–H groups in total. The third-order valence-electron chi connectivity index (χ3n) is 10.5. The van der Waals surface area contributed by atoms with E-state index in [0.29, 0.717) is 16.8 Å². The molecule has 0 saturated carbocycles. The van der Waals surface area contributed by atoms with Gasteiger partial charge in [0.1, 0.15) is 0 Å². The van der Waals surface area contributed by atoms with Gasteiger partial charge in [-0.3, -0.25) is 0 Å². The zero-order chi connectivity index (χ0) is 63.7. The van der Waals surface area contributed by atoms with Gasteiger partial charge in [-0.05, 0) is 122 Å². The summed E-state index contributed by atoms with van der Waals surface area (Å²) >= 11 is 0. The first kappa shape index (κ1) is 19.7. The van der Waals surface area contributed by atoms with E-state index in [-0.39, 0.29) is 11.1 Å². The third-order valence-corrected chi connectivity index (χ3v) is 10.5. The van der Waals surface area contributed by atoms with Gasteiger partial charge in [0.05, 0.1) is 34.3 Å². The Morgan fingerprint density at radius 2 is 0.857 bits per heavy atom. The van der Waals surface area contributed by atoms with E-state index in [1.807, 2.05) is 72.8 Å². The predicted octanol–water partition coefficient (Wildman–Crippen LogP) is 16.6. The average Bonchev–Trinajstić information content (AvgIpc) is 0.883. The molecule has 0 fully saturated rings. The molecule has 11 rings (SSSR count). The van der Waals surface area contributed by atoms with Crippen LogP contribution in [0, 0.1) is 0 Å². The van der Waals surface area contributed by atoms with Crippen LogP contribution in [-0.2, 0) is 6.54 Å². The maximum Gasteiger partial charge on any atom is 0.0645 e. The van der Waals surface area contributed by atoms with Crippen molar-refractivity contribution in [1.29, 1.82) is 0 Å². The Kier molecular flexibility index (Phi) is 5.21. The second-order valence-corrected chi connectivity index (χ2v) is 14.3. The fourth-order valence-electron chi connectivity index (χ4n) is 7.59. The molecule has 1 heterocycles. The Hall–Kier alpha value is -8.20. The number of para-hydroxylation sites is 1. The van der Waals surface area contributed by atoms with Crippen LogP contribution in [0.1, 0.15) is 39.8 Å². The van der Waals surface area contributed by atoms with Crippen LogP contribution >= 0.6 is 0 Å². The van der Waals surface area contributed by atoms with Gasteiger partial charge in [0.15, 0.2) is 0 Å². The zero-order valence-electron chi connectivity index (χ0n) is 57.9. The Morgan fingerprint density at radius 1 is 0.333 bits per heavy atom. The first-order valence-electron chi connectivity index (χ1n) is 32.2. The number of anilines is 3. The number of nitrogens with zero attached hydrogens (tertiary/aromatic N) is 2. The molecule has 0 amide bonds. The van der Waals surface area contributed by atoms with Crippen molar-refractivity contribution in [1.82, 2.24) is 4.57 Å². The number of hydrogen-bond acceptors (Lipinski definition) is 1. The summed E-state index contributed by atoms with van der Waals surface area (Å²) in [6.07, 6.45) is 0. The summed E-state index contributed by atoms with van der Waals surface area (Å²) in [5.41, 5.74) is -2.80. The van der Waals surface area contributed by atoms with Crippen molar-refractivity contribution >= 4 is 38.9 Å². The van der Waals surface area contributed by atoms with E-state index in [1.54, 1.807) is 18.2 Å². The maximum absolute atomic E-state index is 9.88. The lowest BCUT2D eigenvalue weighted by Gasteiger charge is -2.27. The lowest BCUT2D eigenvalue weighted by atomic mass is 9.93. The molecule has 0 atom stereocenters. The lowest BCUT2D eigenvalue weighted by Crippen LogP contribution is -2.10. The molecule has 0 saturated heterocycles. The van der Waals surface area contributed by atoms with Crippen LogP contribution < -0.4 is 4.90 Å². The Labute approximate surface area is 404 Å². The molecule has 2 heteroatoms. The molecule has 298 valence electrons. The van der Waals surface area contributed by atoms with Gasteiger partial charge in [0.2, 0.25) is 0 Å². The van der Waals surface area contributed by atoms with Gasteiger partial charge >= 0.3 is 0 Å². The first-order chi connectivity index (χ1) is 41.6. The molecule has 11 aromatic rings. The van der Waals surface area contributed by atoms with Gasteiger partial charge in [-0.1, -0.05) is 194 Å². The summed E-state index contributed by atoms with van der Waals surface area (Å²) < 4.78 is 229. The van der Waals surface area contributed by atoms with Gasteiger partial charge in [0.25, 0.3) is 0 Å². The second-order valence-electron chi connectivity index (χ2n) is 14.3. The summed E-state index contributed by atoms with van der Waals surface area (Å²) in [5.74, 6) is 0. The zero-order valence-corrected chi connectivity index (χ0v) is 32.9. The summed E-state index contributed by atoms with van der Waals surface area (Å²) in [4.78, 5) is 0.575. The summed E-state index contributed by atoms with van der Waals surface area (Å²) in [5, 5.41) is 1.45. The normalized spacial score (nSPS) is 16.8. The number of hydrogen-bond donors (Lipinski definition) is 0. The molecule has 0 radical (unpaired) electrons. The van der Waals surface area contributed by atoms with Crippen LogP contribution in [0.2, 0.25) is 0 Å². The molecule has 10 aromatic carbocycles. The van der Waals surface area contributed by atoms with Gasteiger partial charge in [-0.25, -0.2) is 0 Å². The molecule has 0 bridgehead atoms. The Bertz CT molecular complexity index is 4700. The molecule has 1 aromatic heterocycles. The van der Waals surface area contributed by atoms with E-state index in [0.717, 1.165) is 39.2 Å². The lowest BCUT2D eigenvalue weighted by molar-refractivity contribution is 0.869. The van der Waals surface area contributed by atoms with Crippen LogP contribution in [0.25, 0.3) is 77.4 Å². The monoisotopic (exact) mass is 830 g/mol. The fraction of sp³-hybridized carbons (Fsp3) is 0.0164. The highest BCUT2D eigenvalue weighted by atomic mass is 15.1. The molecule has 0 aliphatic heterocycles. The topological polar surface area (TPSA) is 8.17 Å². The third kappa shape index (κ3) is 7.49. The number of rotatable bonds is 10. The maximum atomic E-state index is 9.88. The predicted molar refractivity (Wildman–Crippen MR) is 267 cm³/mol. The molecule has 0 unspecified atom stereocenters. The molecular formula is C61H44N2. The summed E-state index contributed by atoms with van der Waals surface area (Å²) in [7, 11) is 0. The van der Waals surface area contributed by atoms with Crippen molar-refractivity contribution in [3.63, 3.8) is 0 Å². The minimum Gasteiger partial charge on any atom is -0.336 e. The first-order valence-corrected chi connectivity index (χ1v) is 19.7. The van der Waals surface area contributed by atoms with Crippen LogP contribution in [0.15, 0.2) is 254 Å². The van der Waals surface area contributed by atoms with E-state index < -0.39 is 202 Å². The van der Waals surface area contributed by atoms with Crippen molar-refractivity contribution in [2.75, 3.05) is 4.90 Å². The number of fused-ring (bicyclic) bond motifs is 3. The van der Waals surface area contributed by atoms with Gasteiger partial charge in [-0.15, -0.1) is 0 Å².